The van der Waals surface area contributed by atoms with E-state index in [0.29, 0.717) is 6.42 Å². The predicted octanol–water partition coefficient (Wildman–Crippen LogP) is 5.48. The molecule has 64 heavy (non-hydrogen) atoms. The van der Waals surface area contributed by atoms with Crippen molar-refractivity contribution in [3.8, 4) is 0 Å². The number of aliphatic hydroxyl groups excluding tert-OH is 3. The fourth-order valence-electron chi connectivity index (χ4n) is 7.87. The molecule has 1 aromatic carbocycles. The van der Waals surface area contributed by atoms with Crippen molar-refractivity contribution in [3.05, 3.63) is 52.6 Å². The Morgan fingerprint density at radius 3 is 2.09 bits per heavy atom. The number of amides is 1. The number of ketones is 1. The fourth-order valence-corrected chi connectivity index (χ4v) is 7.87. The average molecular weight is 899 g/mol. The van der Waals surface area contributed by atoms with E-state index in [-0.39, 0.29) is 36.6 Å². The number of aliphatic hydroxyl groups is 3. The Morgan fingerprint density at radius 1 is 0.906 bits per heavy atom. The number of esters is 2. The van der Waals surface area contributed by atoms with Crippen LogP contribution >= 0.6 is 0 Å². The van der Waals surface area contributed by atoms with Gasteiger partial charge in [0.15, 0.2) is 16.9 Å². The molecule has 2 aromatic heterocycles. The third kappa shape index (κ3) is 15.1. The molecule has 0 bridgehead atoms. The summed E-state index contributed by atoms with van der Waals surface area (Å²) in [6.07, 6.45) is 10.7. The highest BCUT2D eigenvalue weighted by molar-refractivity contribution is 5.88. The summed E-state index contributed by atoms with van der Waals surface area (Å²) in [4.78, 5) is 76.8. The highest BCUT2D eigenvalue weighted by Crippen LogP contribution is 2.39. The van der Waals surface area contributed by atoms with Gasteiger partial charge in [0.05, 0.1) is 6.61 Å². The van der Waals surface area contributed by atoms with Gasteiger partial charge >= 0.3 is 18.0 Å². The number of ether oxygens (including phenoxy) is 4. The van der Waals surface area contributed by atoms with Gasteiger partial charge in [0.2, 0.25) is 11.7 Å². The van der Waals surface area contributed by atoms with Crippen LogP contribution in [0.25, 0.3) is 11.2 Å². The Hall–Kier alpha value is -4.91. The van der Waals surface area contributed by atoms with Crippen molar-refractivity contribution in [2.75, 3.05) is 18.9 Å². The summed E-state index contributed by atoms with van der Waals surface area (Å²) < 4.78 is 23.6. The summed E-state index contributed by atoms with van der Waals surface area (Å²) >= 11 is 0. The zero-order valence-corrected chi connectivity index (χ0v) is 37.7. The maximum absolute atomic E-state index is 14.4. The zero-order valence-electron chi connectivity index (χ0n) is 37.7. The molecule has 0 spiro atoms. The first-order chi connectivity index (χ1) is 30.8. The van der Waals surface area contributed by atoms with E-state index in [0.717, 1.165) is 42.1 Å². The van der Waals surface area contributed by atoms with Crippen LogP contribution in [0.1, 0.15) is 142 Å². The number of carbonyl (C=O) groups is 4. The molecule has 1 saturated heterocycles. The molecule has 18 nitrogen and oxygen atoms in total. The molecular formula is C46H70N6O12. The van der Waals surface area contributed by atoms with Crippen LogP contribution in [0.4, 0.5) is 10.7 Å². The number of hydrogen-bond donors (Lipinski definition) is 6. The number of aromatic nitrogens is 4. The Labute approximate surface area is 375 Å². The first-order valence-electron chi connectivity index (χ1n) is 23.1. The summed E-state index contributed by atoms with van der Waals surface area (Å²) in [5.74, 6) is -3.03. The van der Waals surface area contributed by atoms with Gasteiger partial charge < -0.3 is 45.3 Å². The number of unbranched alkanes of at least 4 members (excludes halogenated alkanes) is 14. The number of anilines is 1. The lowest BCUT2D eigenvalue weighted by atomic mass is 9.94. The Balaban J connectivity index is 1.38. The molecule has 0 radical (unpaired) electrons. The van der Waals surface area contributed by atoms with Crippen LogP contribution in [0.15, 0.2) is 41.5 Å². The summed E-state index contributed by atoms with van der Waals surface area (Å²) in [5.41, 5.74) is 2.86. The second-order valence-electron chi connectivity index (χ2n) is 17.0. The Morgan fingerprint density at radius 2 is 1.52 bits per heavy atom. The van der Waals surface area contributed by atoms with Crippen molar-refractivity contribution in [2.24, 2.45) is 5.92 Å². The lowest BCUT2D eigenvalue weighted by Gasteiger charge is -2.32. The highest BCUT2D eigenvalue weighted by atomic mass is 16.6. The lowest BCUT2D eigenvalue weighted by Crippen LogP contribution is -2.52. The van der Waals surface area contributed by atoms with Crippen LogP contribution < -0.4 is 16.6 Å². The fraction of sp³-hybridized carbons (Fsp3) is 0.674. The number of carbonyl (C=O) groups excluding carboxylic acids is 4. The first kappa shape index (κ1) is 51.7. The minimum atomic E-state index is -2.46. The monoisotopic (exact) mass is 899 g/mol. The van der Waals surface area contributed by atoms with Crippen LogP contribution in [0.5, 0.6) is 0 Å². The van der Waals surface area contributed by atoms with Crippen LogP contribution in [-0.4, -0.2) is 102 Å². The summed E-state index contributed by atoms with van der Waals surface area (Å²) in [5, 5.41) is 34.7. The van der Waals surface area contributed by atoms with Gasteiger partial charge in [-0.05, 0) is 24.3 Å². The Bertz CT molecular complexity index is 1960. The van der Waals surface area contributed by atoms with E-state index in [1.807, 2.05) is 6.07 Å². The third-order valence-electron chi connectivity index (χ3n) is 11.6. The largest absolute Gasteiger partial charge is 0.460 e. The molecule has 1 unspecified atom stereocenters. The molecule has 356 valence electrons. The molecule has 1 aliphatic heterocycles. The number of benzene rings is 1. The predicted molar refractivity (Wildman–Crippen MR) is 238 cm³/mol. The number of hydrogen-bond acceptors (Lipinski definition) is 15. The van der Waals surface area contributed by atoms with E-state index in [1.54, 1.807) is 38.1 Å². The number of imidazole rings is 1. The van der Waals surface area contributed by atoms with Crippen LogP contribution in [0, 0.1) is 5.92 Å². The maximum Gasteiger partial charge on any atom is 0.408 e. The van der Waals surface area contributed by atoms with Gasteiger partial charge in [0.1, 0.15) is 50.0 Å². The molecule has 3 heterocycles. The van der Waals surface area contributed by atoms with Gasteiger partial charge in [0.25, 0.3) is 5.56 Å². The van der Waals surface area contributed by atoms with Crippen molar-refractivity contribution in [3.63, 3.8) is 0 Å². The van der Waals surface area contributed by atoms with E-state index in [9.17, 15) is 39.3 Å². The smallest absolute Gasteiger partial charge is 0.408 e. The van der Waals surface area contributed by atoms with Crippen molar-refractivity contribution < 1.29 is 53.4 Å². The van der Waals surface area contributed by atoms with E-state index < -0.39 is 91.1 Å². The SMILES string of the molecule is CCCCCCCCCCCCCCCCCC(=O)OC(CCC(=O)[C@@]1(n2cnc3c(=O)[nH]c(N)nc32)O[C@H](CO)[C@@H](O)[C@H]1O)COC(=O)[C@@H](NC(=O)OCc1ccccc1)C(C)C. The molecular weight excluding hydrogens is 829 g/mol. The highest BCUT2D eigenvalue weighted by Gasteiger charge is 2.60. The van der Waals surface area contributed by atoms with Crippen LogP contribution in [-0.2, 0) is 45.7 Å². The number of Topliss-reactive ketones (excluding diaryl/α,β-unsaturated/α-hetero) is 1. The molecule has 1 amide bonds. The topological polar surface area (TPSA) is 268 Å². The normalized spacial score (nSPS) is 19.4. The van der Waals surface area contributed by atoms with Gasteiger partial charge in [-0.15, -0.1) is 0 Å². The van der Waals surface area contributed by atoms with Crippen molar-refractivity contribution >= 4 is 40.9 Å². The van der Waals surface area contributed by atoms with E-state index in [2.05, 4.69) is 27.2 Å². The number of nitrogens with zero attached hydrogens (tertiary/aromatic N) is 3. The van der Waals surface area contributed by atoms with Gasteiger partial charge in [-0.25, -0.2) is 14.6 Å². The molecule has 1 aliphatic rings. The minimum Gasteiger partial charge on any atom is -0.460 e. The number of rotatable bonds is 30. The maximum atomic E-state index is 14.4. The summed E-state index contributed by atoms with van der Waals surface area (Å²) in [6.45, 7) is 4.33. The lowest BCUT2D eigenvalue weighted by molar-refractivity contribution is -0.175. The third-order valence-corrected chi connectivity index (χ3v) is 11.6. The zero-order chi connectivity index (χ0) is 46.5. The second-order valence-corrected chi connectivity index (χ2v) is 17.0. The molecule has 3 aromatic rings. The number of alkyl carbamates (subject to hydrolysis) is 1. The van der Waals surface area contributed by atoms with Gasteiger partial charge in [-0.1, -0.05) is 141 Å². The van der Waals surface area contributed by atoms with Gasteiger partial charge in [0, 0.05) is 12.8 Å². The first-order valence-corrected chi connectivity index (χ1v) is 23.1. The molecule has 1 fully saturated rings. The average Bonchev–Trinajstić information content (AvgIpc) is 3.82. The van der Waals surface area contributed by atoms with Crippen LogP contribution in [0.2, 0.25) is 0 Å². The number of nitrogens with one attached hydrogen (secondary N) is 2. The van der Waals surface area contributed by atoms with Gasteiger partial charge in [-0.2, -0.15) is 4.98 Å². The molecule has 7 N–H and O–H groups in total. The Kier molecular flexibility index (Phi) is 21.6. The molecule has 6 atom stereocenters. The second kappa shape index (κ2) is 26.8. The number of aromatic amines is 1. The van der Waals surface area contributed by atoms with E-state index in [1.165, 1.54) is 64.2 Å². The number of nitrogen functional groups attached to an aromatic ring is 1. The molecule has 0 aliphatic carbocycles. The summed E-state index contributed by atoms with van der Waals surface area (Å²) in [6, 6.07) is 7.86. The van der Waals surface area contributed by atoms with Crippen LogP contribution in [0.3, 0.4) is 0 Å². The molecule has 0 saturated carbocycles. The molecule has 4 rings (SSSR count). The molecule has 18 heteroatoms. The van der Waals surface area contributed by atoms with Gasteiger partial charge in [-0.3, -0.25) is 23.9 Å². The minimum absolute atomic E-state index is 0.0251. The number of H-pyrrole nitrogens is 1. The van der Waals surface area contributed by atoms with Crippen molar-refractivity contribution in [2.45, 2.75) is 179 Å². The number of fused-ring (bicyclic) bond motifs is 1. The van der Waals surface area contributed by atoms with E-state index >= 15 is 0 Å². The standard InChI is InChI=1S/C46H70N6O12/c1-4-5-6-7-8-9-10-11-12-13-14-15-16-17-21-24-36(55)63-33(29-61-43(59)37(31(2)3)49-45(60)62-28-32-22-19-18-20-23-32)25-26-35(54)46(40(57)39(56)34(27-53)64-46)52-30-48-38-41(52)50-44(47)51-42(38)58/h18-20,22-23,30-31,33-34,37,39-40,53,56-57H,4-17,21,24-29H2,1-3H3,(H,49,60)(H3,47,50,51,58)/t33?,34-,37+,39-,40-,46-/m1/s1. The summed E-state index contributed by atoms with van der Waals surface area (Å²) in [7, 11) is 0. The van der Waals surface area contributed by atoms with Crippen molar-refractivity contribution in [1.29, 1.82) is 0 Å². The number of nitrogens with two attached hydrogens (primary N) is 1. The van der Waals surface area contributed by atoms with E-state index in [4.69, 9.17) is 24.7 Å². The quantitative estimate of drug-likeness (QED) is 0.0275. The van der Waals surface area contributed by atoms with Crippen molar-refractivity contribution in [1.82, 2.24) is 24.8 Å².